The van der Waals surface area contributed by atoms with Crippen LogP contribution in [0, 0.1) is 5.92 Å². The fourth-order valence-corrected chi connectivity index (χ4v) is 1.56. The van der Waals surface area contributed by atoms with Gasteiger partial charge in [-0.1, -0.05) is 6.92 Å². The van der Waals surface area contributed by atoms with Crippen LogP contribution < -0.4 is 0 Å². The molecule has 5 nitrogen and oxygen atoms in total. The van der Waals surface area contributed by atoms with E-state index in [1.54, 1.807) is 25.1 Å². The summed E-state index contributed by atoms with van der Waals surface area (Å²) in [5.74, 6) is -1.14. The van der Waals surface area contributed by atoms with E-state index in [4.69, 9.17) is 9.52 Å². The van der Waals surface area contributed by atoms with E-state index >= 15 is 0 Å². The molecule has 1 atom stereocenters. The van der Waals surface area contributed by atoms with E-state index in [1.165, 1.54) is 17.2 Å². The summed E-state index contributed by atoms with van der Waals surface area (Å²) in [6.45, 7) is 5.48. The van der Waals surface area contributed by atoms with Gasteiger partial charge in [-0.2, -0.15) is 0 Å². The Morgan fingerprint density at radius 3 is 2.58 bits per heavy atom. The summed E-state index contributed by atoms with van der Waals surface area (Å²) < 4.78 is 5.09. The Morgan fingerprint density at radius 2 is 2.11 bits per heavy atom. The number of carboxylic acid groups (broad SMARTS) is 1. The predicted octanol–water partition coefficient (Wildman–Crippen LogP) is 2.25. The van der Waals surface area contributed by atoms with Crippen molar-refractivity contribution < 1.29 is 19.1 Å². The second kappa shape index (κ2) is 6.78. The number of aliphatic carboxylic acids is 1. The van der Waals surface area contributed by atoms with E-state index in [0.29, 0.717) is 5.76 Å². The van der Waals surface area contributed by atoms with Gasteiger partial charge in [-0.05, 0) is 32.1 Å². The van der Waals surface area contributed by atoms with Crippen LogP contribution in [0.15, 0.2) is 28.9 Å². The quantitative estimate of drug-likeness (QED) is 0.801. The molecule has 19 heavy (non-hydrogen) atoms. The molecule has 0 saturated carbocycles. The van der Waals surface area contributed by atoms with Crippen molar-refractivity contribution in [1.82, 2.24) is 4.90 Å². The average molecular weight is 265 g/mol. The Labute approximate surface area is 112 Å². The van der Waals surface area contributed by atoms with Gasteiger partial charge >= 0.3 is 5.97 Å². The molecule has 1 amide bonds. The van der Waals surface area contributed by atoms with Gasteiger partial charge in [0.05, 0.1) is 12.2 Å². The van der Waals surface area contributed by atoms with E-state index in [0.717, 1.165) is 0 Å². The molecule has 0 aliphatic rings. The van der Waals surface area contributed by atoms with Gasteiger partial charge < -0.3 is 14.4 Å². The smallest absolute Gasteiger partial charge is 0.308 e. The largest absolute Gasteiger partial charge is 0.481 e. The number of carbonyl (C=O) groups is 2. The fourth-order valence-electron chi connectivity index (χ4n) is 1.56. The Bertz CT molecular complexity index is 448. The maximum Gasteiger partial charge on any atom is 0.308 e. The lowest BCUT2D eigenvalue weighted by atomic mass is 10.1. The van der Waals surface area contributed by atoms with Crippen LogP contribution in [0.3, 0.4) is 0 Å². The van der Waals surface area contributed by atoms with Gasteiger partial charge in [0.25, 0.3) is 0 Å². The zero-order chi connectivity index (χ0) is 14.4. The van der Waals surface area contributed by atoms with Crippen molar-refractivity contribution in [3.05, 3.63) is 30.2 Å². The van der Waals surface area contributed by atoms with Crippen LogP contribution in [0.1, 0.15) is 26.5 Å². The fraction of sp³-hybridized carbons (Fsp3) is 0.429. The first kappa shape index (κ1) is 15.0. The van der Waals surface area contributed by atoms with Gasteiger partial charge in [0.2, 0.25) is 5.91 Å². The van der Waals surface area contributed by atoms with E-state index in [1.807, 2.05) is 13.8 Å². The zero-order valence-corrected chi connectivity index (χ0v) is 11.4. The summed E-state index contributed by atoms with van der Waals surface area (Å²) in [7, 11) is 0. The first-order valence-corrected chi connectivity index (χ1v) is 6.16. The molecule has 0 radical (unpaired) electrons. The zero-order valence-electron chi connectivity index (χ0n) is 11.4. The molecule has 1 aromatic rings. The summed E-state index contributed by atoms with van der Waals surface area (Å²) in [6.07, 6.45) is 4.49. The van der Waals surface area contributed by atoms with Gasteiger partial charge in [0.1, 0.15) is 5.76 Å². The number of carbonyl (C=O) groups excluding carboxylic acids is 1. The minimum absolute atomic E-state index is 0.0597. The van der Waals surface area contributed by atoms with E-state index < -0.39 is 11.9 Å². The molecule has 0 aliphatic carbocycles. The summed E-state index contributed by atoms with van der Waals surface area (Å²) >= 11 is 0. The number of furan rings is 1. The normalized spacial score (nSPS) is 12.8. The molecule has 1 rings (SSSR count). The maximum absolute atomic E-state index is 12.0. The van der Waals surface area contributed by atoms with Gasteiger partial charge in [-0.3, -0.25) is 9.59 Å². The first-order valence-electron chi connectivity index (χ1n) is 6.16. The van der Waals surface area contributed by atoms with Crippen molar-refractivity contribution in [2.45, 2.75) is 26.8 Å². The molecule has 0 aromatic carbocycles. The average Bonchev–Trinajstić information content (AvgIpc) is 2.85. The highest BCUT2D eigenvalue weighted by Crippen LogP contribution is 2.08. The first-order chi connectivity index (χ1) is 8.91. The van der Waals surface area contributed by atoms with Gasteiger partial charge in [0, 0.05) is 18.7 Å². The Balaban J connectivity index is 2.70. The number of rotatable bonds is 6. The lowest BCUT2D eigenvalue weighted by Gasteiger charge is -2.27. The van der Waals surface area contributed by atoms with Crippen molar-refractivity contribution in [1.29, 1.82) is 0 Å². The highest BCUT2D eigenvalue weighted by molar-refractivity contribution is 5.91. The van der Waals surface area contributed by atoms with Gasteiger partial charge in [0.15, 0.2) is 0 Å². The third-order valence-electron chi connectivity index (χ3n) is 2.73. The maximum atomic E-state index is 12.0. The minimum Gasteiger partial charge on any atom is -0.481 e. The monoisotopic (exact) mass is 265 g/mol. The van der Waals surface area contributed by atoms with Crippen LogP contribution in [-0.4, -0.2) is 34.5 Å². The molecule has 1 aromatic heterocycles. The summed E-state index contributed by atoms with van der Waals surface area (Å²) in [5, 5.41) is 8.90. The van der Waals surface area contributed by atoms with Crippen molar-refractivity contribution in [3.63, 3.8) is 0 Å². The highest BCUT2D eigenvalue weighted by atomic mass is 16.4. The lowest BCUT2D eigenvalue weighted by Crippen LogP contribution is -2.40. The number of hydrogen-bond acceptors (Lipinski definition) is 3. The molecule has 1 unspecified atom stereocenters. The molecule has 5 heteroatoms. The molecule has 1 heterocycles. The van der Waals surface area contributed by atoms with Crippen LogP contribution in [-0.2, 0) is 9.59 Å². The minimum atomic E-state index is -0.909. The molecule has 0 saturated heterocycles. The topological polar surface area (TPSA) is 70.8 Å². The molecule has 0 fully saturated rings. The second-order valence-corrected chi connectivity index (χ2v) is 4.67. The van der Waals surface area contributed by atoms with Crippen molar-refractivity contribution in [3.8, 4) is 0 Å². The molecular formula is C14H19NO4. The van der Waals surface area contributed by atoms with Gasteiger partial charge in [-0.15, -0.1) is 0 Å². The van der Waals surface area contributed by atoms with Crippen molar-refractivity contribution in [2.75, 3.05) is 6.54 Å². The Kier molecular flexibility index (Phi) is 5.36. The molecule has 1 N–H and O–H groups in total. The van der Waals surface area contributed by atoms with Crippen LogP contribution in [0.5, 0.6) is 0 Å². The van der Waals surface area contributed by atoms with Crippen molar-refractivity contribution in [2.24, 2.45) is 5.92 Å². The SMILES string of the molecule is CC(CN(C(=O)/C=C/c1ccco1)C(C)C)C(=O)O. The number of hydrogen-bond donors (Lipinski definition) is 1. The van der Waals surface area contributed by atoms with Crippen molar-refractivity contribution >= 4 is 18.0 Å². The lowest BCUT2D eigenvalue weighted by molar-refractivity contribution is -0.142. The molecule has 0 aliphatic heterocycles. The second-order valence-electron chi connectivity index (χ2n) is 4.67. The van der Waals surface area contributed by atoms with Crippen LogP contribution in [0.4, 0.5) is 0 Å². The summed E-state index contributed by atoms with van der Waals surface area (Å²) in [6, 6.07) is 3.41. The molecule has 0 bridgehead atoms. The van der Waals surface area contributed by atoms with E-state index in [9.17, 15) is 9.59 Å². The summed E-state index contributed by atoms with van der Waals surface area (Å²) in [5.41, 5.74) is 0. The predicted molar refractivity (Wildman–Crippen MR) is 71.4 cm³/mol. The summed E-state index contributed by atoms with van der Waals surface area (Å²) in [4.78, 5) is 24.4. The highest BCUT2D eigenvalue weighted by Gasteiger charge is 2.21. The van der Waals surface area contributed by atoms with E-state index in [2.05, 4.69) is 0 Å². The Morgan fingerprint density at radius 1 is 1.42 bits per heavy atom. The Hall–Kier alpha value is -2.04. The molecule has 104 valence electrons. The van der Waals surface area contributed by atoms with Crippen LogP contribution in [0.25, 0.3) is 6.08 Å². The third kappa shape index (κ3) is 4.62. The van der Waals surface area contributed by atoms with E-state index in [-0.39, 0.29) is 18.5 Å². The third-order valence-corrected chi connectivity index (χ3v) is 2.73. The van der Waals surface area contributed by atoms with Crippen LogP contribution >= 0.6 is 0 Å². The number of amides is 1. The van der Waals surface area contributed by atoms with Gasteiger partial charge in [-0.25, -0.2) is 0 Å². The standard InChI is InChI=1S/C14H19NO4/c1-10(2)15(9-11(3)14(17)18)13(16)7-6-12-5-4-8-19-12/h4-8,10-11H,9H2,1-3H3,(H,17,18)/b7-6+. The number of carboxylic acids is 1. The molecular weight excluding hydrogens is 246 g/mol. The van der Waals surface area contributed by atoms with Crippen LogP contribution in [0.2, 0.25) is 0 Å². The number of nitrogens with zero attached hydrogens (tertiary/aromatic N) is 1. The molecule has 0 spiro atoms.